The summed E-state index contributed by atoms with van der Waals surface area (Å²) in [6.07, 6.45) is 0. The van der Waals surface area contributed by atoms with Crippen molar-refractivity contribution >= 4 is 23.2 Å². The van der Waals surface area contributed by atoms with Crippen LogP contribution in [0, 0.1) is 5.92 Å². The second-order valence-corrected chi connectivity index (χ2v) is 6.69. The third-order valence-corrected chi connectivity index (χ3v) is 4.34. The number of benzene rings is 1. The molecular weight excluding hydrogens is 326 g/mol. The van der Waals surface area contributed by atoms with Gasteiger partial charge in [-0.3, -0.25) is 9.59 Å². The highest BCUT2D eigenvalue weighted by molar-refractivity contribution is 7.14. The number of hydrogen-bond donors (Lipinski definition) is 3. The lowest BCUT2D eigenvalue weighted by molar-refractivity contribution is -0.127. The molecule has 0 radical (unpaired) electrons. The zero-order chi connectivity index (χ0) is 17.5. The lowest BCUT2D eigenvalue weighted by Gasteiger charge is -2.14. The molecule has 1 heterocycles. The van der Waals surface area contributed by atoms with Gasteiger partial charge in [0, 0.05) is 5.56 Å². The summed E-state index contributed by atoms with van der Waals surface area (Å²) in [6, 6.07) is 9.10. The Bertz CT molecular complexity index is 687. The van der Waals surface area contributed by atoms with Gasteiger partial charge >= 0.3 is 0 Å². The van der Waals surface area contributed by atoms with Crippen LogP contribution >= 0.6 is 11.3 Å². The van der Waals surface area contributed by atoms with E-state index in [4.69, 9.17) is 5.73 Å². The predicted molar refractivity (Wildman–Crippen MR) is 93.0 cm³/mol. The van der Waals surface area contributed by atoms with E-state index in [1.54, 1.807) is 0 Å². The molecule has 1 atom stereocenters. The van der Waals surface area contributed by atoms with Crippen molar-refractivity contribution in [2.24, 2.45) is 11.7 Å². The fraction of sp³-hybridized carbons (Fsp3) is 0.375. The average molecular weight is 347 g/mol. The Hall–Kier alpha value is -2.32. The zero-order valence-electron chi connectivity index (χ0n) is 13.7. The predicted octanol–water partition coefficient (Wildman–Crippen LogP) is 0.921. The number of hydrogen-bond acceptors (Lipinski definition) is 6. The van der Waals surface area contributed by atoms with Gasteiger partial charge in [0.25, 0.3) is 0 Å². The fourth-order valence-corrected chi connectivity index (χ4v) is 2.63. The third-order valence-electron chi connectivity index (χ3n) is 3.37. The summed E-state index contributed by atoms with van der Waals surface area (Å²) in [5, 5.41) is 14.9. The smallest absolute Gasteiger partial charge is 0.239 e. The van der Waals surface area contributed by atoms with Crippen molar-refractivity contribution in [3.05, 3.63) is 35.3 Å². The molecule has 0 spiro atoms. The van der Waals surface area contributed by atoms with E-state index in [2.05, 4.69) is 20.8 Å². The zero-order valence-corrected chi connectivity index (χ0v) is 14.5. The van der Waals surface area contributed by atoms with E-state index < -0.39 is 6.04 Å². The molecule has 128 valence electrons. The summed E-state index contributed by atoms with van der Waals surface area (Å²) in [6.45, 7) is 3.87. The third kappa shape index (κ3) is 5.10. The number of nitrogens with one attached hydrogen (secondary N) is 2. The number of carbonyl (C=O) groups is 2. The second kappa shape index (κ2) is 8.51. The summed E-state index contributed by atoms with van der Waals surface area (Å²) < 4.78 is 0. The van der Waals surface area contributed by atoms with Crippen LogP contribution in [0.5, 0.6) is 0 Å². The topological polar surface area (TPSA) is 110 Å². The first-order valence-corrected chi connectivity index (χ1v) is 8.47. The first-order valence-electron chi connectivity index (χ1n) is 7.65. The minimum Gasteiger partial charge on any atom is -0.348 e. The van der Waals surface area contributed by atoms with Crippen molar-refractivity contribution in [1.82, 2.24) is 20.8 Å². The Morgan fingerprint density at radius 3 is 2.54 bits per heavy atom. The number of aromatic nitrogens is 2. The van der Waals surface area contributed by atoms with Crippen molar-refractivity contribution in [1.29, 1.82) is 0 Å². The Labute approximate surface area is 144 Å². The van der Waals surface area contributed by atoms with Crippen LogP contribution < -0.4 is 16.4 Å². The Morgan fingerprint density at radius 2 is 1.88 bits per heavy atom. The van der Waals surface area contributed by atoms with Gasteiger partial charge in [-0.15, -0.1) is 10.2 Å². The first-order chi connectivity index (χ1) is 11.5. The lowest BCUT2D eigenvalue weighted by Crippen LogP contribution is -2.47. The number of amides is 2. The molecule has 8 heteroatoms. The molecule has 0 fully saturated rings. The van der Waals surface area contributed by atoms with E-state index >= 15 is 0 Å². The lowest BCUT2D eigenvalue weighted by atomic mass is 10.1. The molecule has 7 nitrogen and oxygen atoms in total. The molecule has 2 amide bonds. The van der Waals surface area contributed by atoms with E-state index in [1.807, 2.05) is 44.2 Å². The monoisotopic (exact) mass is 347 g/mol. The van der Waals surface area contributed by atoms with Crippen LogP contribution in [-0.4, -0.2) is 34.6 Å². The summed E-state index contributed by atoms with van der Waals surface area (Å²) in [4.78, 5) is 23.5. The maximum absolute atomic E-state index is 11.8. The second-order valence-electron chi connectivity index (χ2n) is 5.63. The van der Waals surface area contributed by atoms with E-state index in [0.29, 0.717) is 5.01 Å². The fourth-order valence-electron chi connectivity index (χ4n) is 1.85. The molecule has 2 rings (SSSR count). The van der Waals surface area contributed by atoms with Crippen LogP contribution in [0.4, 0.5) is 0 Å². The normalized spacial score (nSPS) is 12.0. The number of nitrogens with two attached hydrogens (primary N) is 1. The van der Waals surface area contributed by atoms with Crippen molar-refractivity contribution < 1.29 is 9.59 Å². The van der Waals surface area contributed by atoms with Crippen molar-refractivity contribution in [2.75, 3.05) is 6.54 Å². The van der Waals surface area contributed by atoms with Crippen LogP contribution in [0.2, 0.25) is 0 Å². The highest BCUT2D eigenvalue weighted by Crippen LogP contribution is 2.22. The highest BCUT2D eigenvalue weighted by Gasteiger charge is 2.17. The van der Waals surface area contributed by atoms with Gasteiger partial charge in [0.1, 0.15) is 10.0 Å². The number of nitrogens with zero attached hydrogens (tertiary/aromatic N) is 2. The molecule has 0 saturated carbocycles. The Morgan fingerprint density at radius 1 is 1.17 bits per heavy atom. The molecule has 24 heavy (non-hydrogen) atoms. The van der Waals surface area contributed by atoms with Crippen molar-refractivity contribution in [3.8, 4) is 10.6 Å². The standard InChI is InChI=1S/C16H21N5O2S/c1-10(2)14(17)15(23)19-8-12(22)18-9-13-20-21-16(24-13)11-6-4-3-5-7-11/h3-7,10,14H,8-9,17H2,1-2H3,(H,18,22)(H,19,23)/t14-/m0/s1. The molecule has 0 aliphatic carbocycles. The SMILES string of the molecule is CC(C)[C@H](N)C(=O)NCC(=O)NCc1nnc(-c2ccccc2)s1. The van der Waals surface area contributed by atoms with Gasteiger partial charge in [-0.05, 0) is 5.92 Å². The van der Waals surface area contributed by atoms with Crippen LogP contribution in [0.1, 0.15) is 18.9 Å². The summed E-state index contributed by atoms with van der Waals surface area (Å²) in [5.74, 6) is -0.607. The molecule has 0 saturated heterocycles. The number of rotatable bonds is 7. The largest absolute Gasteiger partial charge is 0.348 e. The van der Waals surface area contributed by atoms with E-state index in [0.717, 1.165) is 10.6 Å². The molecule has 0 aliphatic heterocycles. The average Bonchev–Trinajstić information content (AvgIpc) is 3.06. The summed E-state index contributed by atoms with van der Waals surface area (Å²) in [7, 11) is 0. The Kier molecular flexibility index (Phi) is 6.39. The number of carbonyl (C=O) groups excluding carboxylic acids is 2. The van der Waals surface area contributed by atoms with Crippen LogP contribution in [0.15, 0.2) is 30.3 Å². The van der Waals surface area contributed by atoms with Crippen LogP contribution in [0.3, 0.4) is 0 Å². The highest BCUT2D eigenvalue weighted by atomic mass is 32.1. The van der Waals surface area contributed by atoms with Crippen LogP contribution in [0.25, 0.3) is 10.6 Å². The molecule has 0 bridgehead atoms. The van der Waals surface area contributed by atoms with Gasteiger partial charge < -0.3 is 16.4 Å². The summed E-state index contributed by atoms with van der Waals surface area (Å²) in [5.41, 5.74) is 6.70. The van der Waals surface area contributed by atoms with Gasteiger partial charge in [0.2, 0.25) is 11.8 Å². The van der Waals surface area contributed by atoms with Gasteiger partial charge in [-0.2, -0.15) is 0 Å². The van der Waals surface area contributed by atoms with E-state index in [-0.39, 0.29) is 30.8 Å². The molecule has 1 aromatic heterocycles. The first kappa shape index (κ1) is 18.0. The maximum atomic E-state index is 11.8. The quantitative estimate of drug-likeness (QED) is 0.690. The molecular formula is C16H21N5O2S. The van der Waals surface area contributed by atoms with Crippen LogP contribution in [-0.2, 0) is 16.1 Å². The van der Waals surface area contributed by atoms with Gasteiger partial charge in [-0.25, -0.2) is 0 Å². The van der Waals surface area contributed by atoms with Gasteiger partial charge in [-0.1, -0.05) is 55.5 Å². The van der Waals surface area contributed by atoms with E-state index in [1.165, 1.54) is 11.3 Å². The van der Waals surface area contributed by atoms with Crippen molar-refractivity contribution in [3.63, 3.8) is 0 Å². The minimum absolute atomic E-state index is 0.0193. The van der Waals surface area contributed by atoms with Gasteiger partial charge in [0.15, 0.2) is 0 Å². The van der Waals surface area contributed by atoms with E-state index in [9.17, 15) is 9.59 Å². The minimum atomic E-state index is -0.616. The van der Waals surface area contributed by atoms with Crippen molar-refractivity contribution in [2.45, 2.75) is 26.4 Å². The molecule has 0 aliphatic rings. The summed E-state index contributed by atoms with van der Waals surface area (Å²) >= 11 is 1.42. The Balaban J connectivity index is 1.78. The molecule has 1 aromatic carbocycles. The molecule has 0 unspecified atom stereocenters. The maximum Gasteiger partial charge on any atom is 0.239 e. The molecule has 4 N–H and O–H groups in total. The van der Waals surface area contributed by atoms with Gasteiger partial charge in [0.05, 0.1) is 19.1 Å². The molecule has 2 aromatic rings.